The van der Waals surface area contributed by atoms with E-state index in [1.807, 2.05) is 6.07 Å². The minimum Gasteiger partial charge on any atom is -0.204 e. The Hall–Kier alpha value is -1.18. The first-order valence-electron chi connectivity index (χ1n) is 9.26. The van der Waals surface area contributed by atoms with E-state index in [1.54, 1.807) is 0 Å². The van der Waals surface area contributed by atoms with E-state index in [0.717, 1.165) is 30.2 Å². The highest BCUT2D eigenvalue weighted by Crippen LogP contribution is 2.41. The third-order valence-corrected chi connectivity index (χ3v) is 6.08. The first-order chi connectivity index (χ1) is 11.2. The SMILES string of the molecule is C/C=C/CCC1CCC(C2CCc3c(ccc(F)c3F)C2)CC1. The van der Waals surface area contributed by atoms with Crippen LogP contribution in [0.4, 0.5) is 8.78 Å². The molecule has 1 aromatic carbocycles. The molecule has 0 amide bonds. The fraction of sp³-hybridized carbons (Fsp3) is 0.619. The van der Waals surface area contributed by atoms with E-state index in [0.29, 0.717) is 17.9 Å². The Morgan fingerprint density at radius 2 is 1.83 bits per heavy atom. The van der Waals surface area contributed by atoms with Crippen LogP contribution in [0.3, 0.4) is 0 Å². The molecule has 0 bridgehead atoms. The molecule has 2 aliphatic carbocycles. The molecule has 126 valence electrons. The van der Waals surface area contributed by atoms with Crippen LogP contribution in [0, 0.1) is 29.4 Å². The molecular weight excluding hydrogens is 290 g/mol. The number of halogens is 2. The lowest BCUT2D eigenvalue weighted by Gasteiger charge is -2.36. The fourth-order valence-electron chi connectivity index (χ4n) is 4.66. The molecule has 0 nitrogen and oxygen atoms in total. The van der Waals surface area contributed by atoms with Gasteiger partial charge in [0.15, 0.2) is 11.6 Å². The van der Waals surface area contributed by atoms with Gasteiger partial charge in [0, 0.05) is 0 Å². The van der Waals surface area contributed by atoms with Gasteiger partial charge in [-0.15, -0.1) is 0 Å². The van der Waals surface area contributed by atoms with Gasteiger partial charge in [-0.25, -0.2) is 8.78 Å². The van der Waals surface area contributed by atoms with Gasteiger partial charge in [-0.3, -0.25) is 0 Å². The highest BCUT2D eigenvalue weighted by molar-refractivity contribution is 5.32. The van der Waals surface area contributed by atoms with E-state index in [2.05, 4.69) is 19.1 Å². The maximum absolute atomic E-state index is 13.9. The van der Waals surface area contributed by atoms with Crippen LogP contribution in [-0.4, -0.2) is 0 Å². The van der Waals surface area contributed by atoms with Crippen LogP contribution in [-0.2, 0) is 12.8 Å². The van der Waals surface area contributed by atoms with Gasteiger partial charge in [-0.2, -0.15) is 0 Å². The van der Waals surface area contributed by atoms with Crippen molar-refractivity contribution in [2.75, 3.05) is 0 Å². The summed E-state index contributed by atoms with van der Waals surface area (Å²) in [6, 6.07) is 3.11. The summed E-state index contributed by atoms with van der Waals surface area (Å²) in [5.41, 5.74) is 1.69. The third-order valence-electron chi connectivity index (χ3n) is 6.08. The summed E-state index contributed by atoms with van der Waals surface area (Å²) in [6.07, 6.45) is 15.0. The molecule has 1 saturated carbocycles. The van der Waals surface area contributed by atoms with Gasteiger partial charge in [-0.05, 0) is 86.8 Å². The van der Waals surface area contributed by atoms with Gasteiger partial charge in [0.1, 0.15) is 0 Å². The average molecular weight is 318 g/mol. The molecule has 2 heteroatoms. The average Bonchev–Trinajstić information content (AvgIpc) is 2.59. The minimum absolute atomic E-state index is 0.603. The highest BCUT2D eigenvalue weighted by atomic mass is 19.2. The van der Waals surface area contributed by atoms with Crippen LogP contribution in [0.2, 0.25) is 0 Å². The van der Waals surface area contributed by atoms with Gasteiger partial charge < -0.3 is 0 Å². The molecule has 0 heterocycles. The second-order valence-corrected chi connectivity index (χ2v) is 7.43. The van der Waals surface area contributed by atoms with Gasteiger partial charge in [0.25, 0.3) is 0 Å². The zero-order valence-corrected chi connectivity index (χ0v) is 14.2. The molecule has 0 saturated heterocycles. The summed E-state index contributed by atoms with van der Waals surface area (Å²) in [5, 5.41) is 0. The van der Waals surface area contributed by atoms with Gasteiger partial charge in [-0.1, -0.05) is 31.1 Å². The maximum Gasteiger partial charge on any atom is 0.162 e. The van der Waals surface area contributed by atoms with Crippen molar-refractivity contribution in [2.24, 2.45) is 17.8 Å². The third kappa shape index (κ3) is 3.84. The van der Waals surface area contributed by atoms with Crippen molar-refractivity contribution in [3.8, 4) is 0 Å². The summed E-state index contributed by atoms with van der Waals surface area (Å²) >= 11 is 0. The van der Waals surface area contributed by atoms with Gasteiger partial charge in [0.05, 0.1) is 0 Å². The number of benzene rings is 1. The molecule has 2 aliphatic rings. The van der Waals surface area contributed by atoms with E-state index >= 15 is 0 Å². The Kier molecular flexibility index (Phi) is 5.50. The lowest BCUT2D eigenvalue weighted by molar-refractivity contribution is 0.184. The lowest BCUT2D eigenvalue weighted by atomic mass is 9.69. The summed E-state index contributed by atoms with van der Waals surface area (Å²) in [4.78, 5) is 0. The van der Waals surface area contributed by atoms with Crippen LogP contribution in [0.1, 0.15) is 63.0 Å². The van der Waals surface area contributed by atoms with Crippen molar-refractivity contribution in [3.63, 3.8) is 0 Å². The summed E-state index contributed by atoms with van der Waals surface area (Å²) in [5.74, 6) is 1.06. The fourth-order valence-corrected chi connectivity index (χ4v) is 4.66. The Bertz CT molecular complexity index is 553. The minimum atomic E-state index is -0.691. The summed E-state index contributed by atoms with van der Waals surface area (Å²) < 4.78 is 27.2. The van der Waals surface area contributed by atoms with Crippen molar-refractivity contribution in [2.45, 2.75) is 64.7 Å². The number of rotatable bonds is 4. The van der Waals surface area contributed by atoms with E-state index in [-0.39, 0.29) is 0 Å². The van der Waals surface area contributed by atoms with E-state index in [1.165, 1.54) is 44.6 Å². The lowest BCUT2D eigenvalue weighted by Crippen LogP contribution is -2.27. The van der Waals surface area contributed by atoms with Crippen molar-refractivity contribution in [3.05, 3.63) is 47.0 Å². The molecule has 0 aromatic heterocycles. The van der Waals surface area contributed by atoms with E-state index < -0.39 is 11.6 Å². The molecule has 3 rings (SSSR count). The number of fused-ring (bicyclic) bond motifs is 1. The zero-order chi connectivity index (χ0) is 16.2. The number of hydrogen-bond donors (Lipinski definition) is 0. The predicted octanol–water partition coefficient (Wildman–Crippen LogP) is 6.23. The molecule has 0 N–H and O–H groups in total. The van der Waals surface area contributed by atoms with E-state index in [4.69, 9.17) is 0 Å². The largest absolute Gasteiger partial charge is 0.204 e. The maximum atomic E-state index is 13.9. The topological polar surface area (TPSA) is 0 Å². The Morgan fingerprint density at radius 1 is 1.04 bits per heavy atom. The molecular formula is C21H28F2. The Labute approximate surface area is 139 Å². The predicted molar refractivity (Wildman–Crippen MR) is 91.4 cm³/mol. The van der Waals surface area contributed by atoms with Crippen LogP contribution in [0.25, 0.3) is 0 Å². The number of allylic oxidation sites excluding steroid dienone is 2. The Balaban J connectivity index is 1.55. The molecule has 0 radical (unpaired) electrons. The van der Waals surface area contributed by atoms with Crippen LogP contribution >= 0.6 is 0 Å². The van der Waals surface area contributed by atoms with E-state index in [9.17, 15) is 8.78 Å². The Morgan fingerprint density at radius 3 is 2.57 bits per heavy atom. The molecule has 0 aliphatic heterocycles. The quantitative estimate of drug-likeness (QED) is 0.577. The molecule has 23 heavy (non-hydrogen) atoms. The van der Waals surface area contributed by atoms with Gasteiger partial charge in [0.2, 0.25) is 0 Å². The molecule has 1 aromatic rings. The van der Waals surface area contributed by atoms with Gasteiger partial charge >= 0.3 is 0 Å². The number of hydrogen-bond acceptors (Lipinski definition) is 0. The highest BCUT2D eigenvalue weighted by Gasteiger charge is 2.31. The summed E-state index contributed by atoms with van der Waals surface area (Å²) in [6.45, 7) is 2.09. The van der Waals surface area contributed by atoms with Crippen molar-refractivity contribution < 1.29 is 8.78 Å². The van der Waals surface area contributed by atoms with Crippen LogP contribution in [0.15, 0.2) is 24.3 Å². The van der Waals surface area contributed by atoms with Crippen molar-refractivity contribution in [1.82, 2.24) is 0 Å². The summed E-state index contributed by atoms with van der Waals surface area (Å²) in [7, 11) is 0. The molecule has 0 spiro atoms. The first kappa shape index (κ1) is 16.7. The molecule has 1 fully saturated rings. The van der Waals surface area contributed by atoms with Crippen molar-refractivity contribution >= 4 is 0 Å². The van der Waals surface area contributed by atoms with Crippen LogP contribution in [0.5, 0.6) is 0 Å². The molecule has 1 unspecified atom stereocenters. The second kappa shape index (κ2) is 7.59. The van der Waals surface area contributed by atoms with Crippen molar-refractivity contribution in [1.29, 1.82) is 0 Å². The monoisotopic (exact) mass is 318 g/mol. The van der Waals surface area contributed by atoms with Crippen LogP contribution < -0.4 is 0 Å². The second-order valence-electron chi connectivity index (χ2n) is 7.43. The smallest absolute Gasteiger partial charge is 0.162 e. The standard InChI is InChI=1S/C21H28F2/c1-2-3-4-5-15-6-8-16(9-7-15)17-10-12-19-18(14-17)11-13-20(22)21(19)23/h2-3,11,13,15-17H,4-10,12,14H2,1H3/b3-2+. The first-order valence-corrected chi connectivity index (χ1v) is 9.26. The molecule has 1 atom stereocenters. The normalized spacial score (nSPS) is 28.0. The zero-order valence-electron chi connectivity index (χ0n) is 14.2.